The Labute approximate surface area is 172 Å². The lowest BCUT2D eigenvalue weighted by atomic mass is 9.75. The zero-order valence-electron chi connectivity index (χ0n) is 17.5. The Morgan fingerprint density at radius 2 is 1.93 bits per heavy atom. The molecular weight excluding hydrogens is 370 g/mol. The van der Waals surface area contributed by atoms with Crippen LogP contribution in [0.3, 0.4) is 0 Å². The fraction of sp³-hybridized carbons (Fsp3) is 0.522. The molecule has 1 saturated carbocycles. The number of hydrogen-bond acceptors (Lipinski definition) is 6. The van der Waals surface area contributed by atoms with Crippen LogP contribution in [0.5, 0.6) is 5.75 Å². The molecule has 1 aromatic rings. The molecule has 1 aromatic carbocycles. The second-order valence-corrected chi connectivity index (χ2v) is 7.87. The van der Waals surface area contributed by atoms with Gasteiger partial charge in [0.2, 0.25) is 0 Å². The SMILES string of the molecule is COc1ccc(/C=C(/C#N)C(=O)OCC(=O)O[C@@H]2C[C@H](C)CC[C@H]2C(C)C)cc1. The van der Waals surface area contributed by atoms with Crippen LogP contribution < -0.4 is 4.74 Å². The van der Waals surface area contributed by atoms with Crippen molar-refractivity contribution in [3.8, 4) is 11.8 Å². The number of hydrogen-bond donors (Lipinski definition) is 0. The van der Waals surface area contributed by atoms with Gasteiger partial charge in [0.25, 0.3) is 0 Å². The van der Waals surface area contributed by atoms with Crippen molar-refractivity contribution in [2.45, 2.75) is 46.1 Å². The third-order valence-corrected chi connectivity index (χ3v) is 5.33. The lowest BCUT2D eigenvalue weighted by molar-refractivity contribution is -0.165. The predicted molar refractivity (Wildman–Crippen MR) is 109 cm³/mol. The molecule has 0 aliphatic heterocycles. The van der Waals surface area contributed by atoms with Crippen LogP contribution in [-0.2, 0) is 19.1 Å². The van der Waals surface area contributed by atoms with Crippen molar-refractivity contribution >= 4 is 18.0 Å². The first-order valence-corrected chi connectivity index (χ1v) is 9.96. The van der Waals surface area contributed by atoms with Gasteiger partial charge in [0.05, 0.1) is 7.11 Å². The van der Waals surface area contributed by atoms with E-state index in [0.29, 0.717) is 29.1 Å². The summed E-state index contributed by atoms with van der Waals surface area (Å²) in [6, 6.07) is 8.69. The second-order valence-electron chi connectivity index (χ2n) is 7.87. The molecule has 0 saturated heterocycles. The van der Waals surface area contributed by atoms with Gasteiger partial charge >= 0.3 is 11.9 Å². The van der Waals surface area contributed by atoms with E-state index in [1.165, 1.54) is 6.08 Å². The smallest absolute Gasteiger partial charge is 0.349 e. The summed E-state index contributed by atoms with van der Waals surface area (Å²) in [6.45, 7) is 5.91. The van der Waals surface area contributed by atoms with Gasteiger partial charge in [-0.3, -0.25) is 0 Å². The van der Waals surface area contributed by atoms with E-state index in [-0.39, 0.29) is 11.7 Å². The van der Waals surface area contributed by atoms with E-state index in [9.17, 15) is 14.9 Å². The molecule has 0 aromatic heterocycles. The Bertz CT molecular complexity index is 775. The first kappa shape index (κ1) is 22.5. The number of nitrogens with zero attached hydrogens (tertiary/aromatic N) is 1. The van der Waals surface area contributed by atoms with Gasteiger partial charge < -0.3 is 14.2 Å². The van der Waals surface area contributed by atoms with E-state index < -0.39 is 18.5 Å². The fourth-order valence-electron chi connectivity index (χ4n) is 3.66. The van der Waals surface area contributed by atoms with Crippen LogP contribution in [0.1, 0.15) is 45.6 Å². The Hall–Kier alpha value is -2.81. The van der Waals surface area contributed by atoms with Gasteiger partial charge in [-0.1, -0.05) is 39.3 Å². The number of ether oxygens (including phenoxy) is 3. The van der Waals surface area contributed by atoms with Gasteiger partial charge in [-0.2, -0.15) is 5.26 Å². The molecule has 0 spiro atoms. The lowest BCUT2D eigenvalue weighted by Gasteiger charge is -2.36. The number of carbonyl (C=O) groups is 2. The zero-order chi connectivity index (χ0) is 21.4. The highest BCUT2D eigenvalue weighted by atomic mass is 16.6. The van der Waals surface area contributed by atoms with Gasteiger partial charge in [0.1, 0.15) is 23.5 Å². The van der Waals surface area contributed by atoms with E-state index in [0.717, 1.165) is 19.3 Å². The maximum atomic E-state index is 12.2. The molecule has 1 fully saturated rings. The zero-order valence-corrected chi connectivity index (χ0v) is 17.5. The average molecular weight is 399 g/mol. The first-order valence-electron chi connectivity index (χ1n) is 9.96. The average Bonchev–Trinajstić information content (AvgIpc) is 2.70. The van der Waals surface area contributed by atoms with Gasteiger partial charge in [-0.25, -0.2) is 9.59 Å². The van der Waals surface area contributed by atoms with Crippen LogP contribution in [0.2, 0.25) is 0 Å². The molecule has 0 N–H and O–H groups in total. The molecular formula is C23H29NO5. The summed E-state index contributed by atoms with van der Waals surface area (Å²) in [5.74, 6) is 0.476. The molecule has 0 radical (unpaired) electrons. The third kappa shape index (κ3) is 6.63. The first-order chi connectivity index (χ1) is 13.8. The molecule has 0 bridgehead atoms. The molecule has 6 heteroatoms. The highest BCUT2D eigenvalue weighted by molar-refractivity contribution is 5.98. The van der Waals surface area contributed by atoms with Crippen LogP contribution in [0.25, 0.3) is 6.08 Å². The Kier molecular flexibility index (Phi) is 8.26. The standard InChI is InChI=1S/C23H29NO5/c1-15(2)20-10-5-16(3)11-21(20)29-22(25)14-28-23(26)18(13-24)12-17-6-8-19(27-4)9-7-17/h6-9,12,15-16,20-21H,5,10-11,14H2,1-4H3/b18-12-/t16-,20+,21-/m1/s1. The topological polar surface area (TPSA) is 85.6 Å². The predicted octanol–water partition coefficient (Wildman–Crippen LogP) is 4.15. The van der Waals surface area contributed by atoms with Crippen molar-refractivity contribution in [2.24, 2.45) is 17.8 Å². The largest absolute Gasteiger partial charge is 0.497 e. The molecule has 1 aliphatic rings. The molecule has 3 atom stereocenters. The van der Waals surface area contributed by atoms with Crippen LogP contribution in [0.15, 0.2) is 29.8 Å². The summed E-state index contributed by atoms with van der Waals surface area (Å²) in [6.07, 6.45) is 4.23. The summed E-state index contributed by atoms with van der Waals surface area (Å²) in [7, 11) is 1.55. The van der Waals surface area contributed by atoms with E-state index >= 15 is 0 Å². The number of methoxy groups -OCH3 is 1. The minimum atomic E-state index is -0.849. The Morgan fingerprint density at radius 3 is 2.52 bits per heavy atom. The van der Waals surface area contributed by atoms with Crippen molar-refractivity contribution in [1.82, 2.24) is 0 Å². The minimum absolute atomic E-state index is 0.157. The monoisotopic (exact) mass is 399 g/mol. The summed E-state index contributed by atoms with van der Waals surface area (Å²) in [5, 5.41) is 9.25. The highest BCUT2D eigenvalue weighted by Gasteiger charge is 2.33. The number of benzene rings is 1. The summed E-state index contributed by atoms with van der Waals surface area (Å²) in [5.41, 5.74) is 0.465. The van der Waals surface area contributed by atoms with Crippen molar-refractivity contribution in [1.29, 1.82) is 5.26 Å². The molecule has 29 heavy (non-hydrogen) atoms. The maximum Gasteiger partial charge on any atom is 0.349 e. The summed E-state index contributed by atoms with van der Waals surface area (Å²) in [4.78, 5) is 24.4. The van der Waals surface area contributed by atoms with Crippen LogP contribution in [0.4, 0.5) is 0 Å². The van der Waals surface area contributed by atoms with Crippen molar-refractivity contribution < 1.29 is 23.8 Å². The van der Waals surface area contributed by atoms with Crippen molar-refractivity contribution in [3.05, 3.63) is 35.4 Å². The number of nitriles is 1. The van der Waals surface area contributed by atoms with Crippen LogP contribution in [0, 0.1) is 29.1 Å². The maximum absolute atomic E-state index is 12.2. The number of esters is 2. The second kappa shape index (κ2) is 10.7. The molecule has 2 rings (SSSR count). The van der Waals surface area contributed by atoms with Gasteiger partial charge in [0, 0.05) is 0 Å². The Balaban J connectivity index is 1.92. The quantitative estimate of drug-likeness (QED) is 0.389. The fourth-order valence-corrected chi connectivity index (χ4v) is 3.66. The van der Waals surface area contributed by atoms with Crippen LogP contribution >= 0.6 is 0 Å². The summed E-state index contributed by atoms with van der Waals surface area (Å²) >= 11 is 0. The number of carbonyl (C=O) groups excluding carboxylic acids is 2. The van der Waals surface area contributed by atoms with E-state index in [1.54, 1.807) is 31.4 Å². The van der Waals surface area contributed by atoms with Crippen molar-refractivity contribution in [3.63, 3.8) is 0 Å². The highest BCUT2D eigenvalue weighted by Crippen LogP contribution is 2.35. The molecule has 1 aliphatic carbocycles. The lowest BCUT2D eigenvalue weighted by Crippen LogP contribution is -2.36. The molecule has 156 valence electrons. The molecule has 0 unspecified atom stereocenters. The molecule has 0 amide bonds. The summed E-state index contributed by atoms with van der Waals surface area (Å²) < 4.78 is 15.7. The van der Waals surface area contributed by atoms with E-state index in [2.05, 4.69) is 20.8 Å². The minimum Gasteiger partial charge on any atom is -0.497 e. The van der Waals surface area contributed by atoms with E-state index in [1.807, 2.05) is 6.07 Å². The molecule has 0 heterocycles. The molecule has 6 nitrogen and oxygen atoms in total. The van der Waals surface area contributed by atoms with Crippen molar-refractivity contribution in [2.75, 3.05) is 13.7 Å². The van der Waals surface area contributed by atoms with Crippen LogP contribution in [-0.4, -0.2) is 31.8 Å². The van der Waals surface area contributed by atoms with E-state index in [4.69, 9.17) is 14.2 Å². The normalized spacial score (nSPS) is 21.9. The number of rotatable bonds is 7. The van der Waals surface area contributed by atoms with Gasteiger partial charge in [-0.05, 0) is 54.4 Å². The Morgan fingerprint density at radius 1 is 1.24 bits per heavy atom. The third-order valence-electron chi connectivity index (χ3n) is 5.33. The van der Waals surface area contributed by atoms with Gasteiger partial charge in [0.15, 0.2) is 6.61 Å². The van der Waals surface area contributed by atoms with Gasteiger partial charge in [-0.15, -0.1) is 0 Å².